The number of pyridine rings is 1. The van der Waals surface area contributed by atoms with Crippen LogP contribution in [0.15, 0.2) is 29.0 Å². The van der Waals surface area contributed by atoms with Crippen molar-refractivity contribution < 1.29 is 17.7 Å². The zero-order chi connectivity index (χ0) is 19.3. The summed E-state index contributed by atoms with van der Waals surface area (Å²) in [5, 5.41) is 6.90. The van der Waals surface area contributed by atoms with Crippen molar-refractivity contribution >= 4 is 15.9 Å². The summed E-state index contributed by atoms with van der Waals surface area (Å²) in [5.74, 6) is 0.953. The van der Waals surface area contributed by atoms with Crippen LogP contribution < -0.4 is 10.0 Å². The first-order valence-corrected chi connectivity index (χ1v) is 10.8. The molecule has 2 N–H and O–H groups in total. The zero-order valence-corrected chi connectivity index (χ0v) is 15.9. The van der Waals surface area contributed by atoms with E-state index in [-0.39, 0.29) is 18.0 Å². The minimum Gasteiger partial charge on any atom is -0.353 e. The maximum Gasteiger partial charge on any atom is 0.226 e. The van der Waals surface area contributed by atoms with Gasteiger partial charge in [-0.1, -0.05) is 5.16 Å². The van der Waals surface area contributed by atoms with Crippen molar-refractivity contribution in [2.24, 2.45) is 0 Å². The lowest BCUT2D eigenvalue weighted by Gasteiger charge is -2.13. The van der Waals surface area contributed by atoms with Crippen LogP contribution >= 0.6 is 0 Å². The predicted octanol–water partition coefficient (Wildman–Crippen LogP) is 1.04. The Morgan fingerprint density at radius 3 is 2.74 bits per heavy atom. The lowest BCUT2D eigenvalue weighted by atomic mass is 10.2. The van der Waals surface area contributed by atoms with E-state index in [0.29, 0.717) is 37.4 Å². The lowest BCUT2D eigenvalue weighted by molar-refractivity contribution is -0.121. The molecule has 3 rings (SSSR count). The second-order valence-corrected chi connectivity index (χ2v) is 8.55. The number of nitrogens with zero attached hydrogens (tertiary/aromatic N) is 3. The van der Waals surface area contributed by atoms with Gasteiger partial charge in [-0.15, -0.1) is 0 Å². The van der Waals surface area contributed by atoms with E-state index in [1.54, 1.807) is 24.5 Å². The van der Waals surface area contributed by atoms with Crippen molar-refractivity contribution in [3.05, 3.63) is 30.4 Å². The summed E-state index contributed by atoms with van der Waals surface area (Å²) in [6, 6.07) is 3.51. The van der Waals surface area contributed by atoms with Gasteiger partial charge in [0.15, 0.2) is 0 Å². The lowest BCUT2D eigenvalue weighted by Crippen LogP contribution is -2.36. The Morgan fingerprint density at radius 1 is 1.26 bits per heavy atom. The molecule has 0 bridgehead atoms. The minimum atomic E-state index is -3.21. The summed E-state index contributed by atoms with van der Waals surface area (Å²) in [4.78, 5) is 20.4. The van der Waals surface area contributed by atoms with Gasteiger partial charge in [-0.25, -0.2) is 13.1 Å². The summed E-state index contributed by atoms with van der Waals surface area (Å²) in [5.41, 5.74) is 0.830. The molecule has 0 aliphatic heterocycles. The molecule has 1 aliphatic carbocycles. The molecule has 0 spiro atoms. The van der Waals surface area contributed by atoms with Crippen molar-refractivity contribution in [1.82, 2.24) is 25.2 Å². The number of amides is 1. The molecule has 9 nitrogen and oxygen atoms in total. The number of nitrogens with one attached hydrogen (secondary N) is 2. The van der Waals surface area contributed by atoms with Gasteiger partial charge >= 0.3 is 0 Å². The van der Waals surface area contributed by atoms with Crippen LogP contribution in [-0.2, 0) is 21.2 Å². The van der Waals surface area contributed by atoms with Crippen molar-refractivity contribution in [3.8, 4) is 11.4 Å². The fourth-order valence-electron chi connectivity index (χ4n) is 3.20. The van der Waals surface area contributed by atoms with Crippen LogP contribution in [0.1, 0.15) is 38.0 Å². The largest absolute Gasteiger partial charge is 0.353 e. The average molecular weight is 393 g/mol. The average Bonchev–Trinajstić information content (AvgIpc) is 3.24. The Labute approximate surface area is 158 Å². The SMILES string of the molecule is CS(=O)(=O)N[C@H]1CC[C@@H](NC(=O)CCCc2nc(-c3ccncc3)no2)C1. The third-order valence-electron chi connectivity index (χ3n) is 4.38. The van der Waals surface area contributed by atoms with Crippen molar-refractivity contribution in [3.63, 3.8) is 0 Å². The standard InChI is InChI=1S/C17H23N5O4S/c1-27(24,25)22-14-6-5-13(11-14)19-15(23)3-2-4-16-20-17(21-26-16)12-7-9-18-10-8-12/h7-10,13-14,22H,2-6,11H2,1H3,(H,19,23)/t13-,14+/m1/s1. The molecule has 2 aromatic heterocycles. The van der Waals surface area contributed by atoms with Crippen LogP contribution in [0.3, 0.4) is 0 Å². The number of carbonyl (C=O) groups is 1. The van der Waals surface area contributed by atoms with Crippen LogP contribution in [0.2, 0.25) is 0 Å². The Balaban J connectivity index is 1.39. The van der Waals surface area contributed by atoms with E-state index < -0.39 is 10.0 Å². The highest BCUT2D eigenvalue weighted by molar-refractivity contribution is 7.88. The van der Waals surface area contributed by atoms with E-state index >= 15 is 0 Å². The second kappa shape index (κ2) is 8.57. The molecule has 1 amide bonds. The monoisotopic (exact) mass is 393 g/mol. The number of hydrogen-bond acceptors (Lipinski definition) is 7. The summed E-state index contributed by atoms with van der Waals surface area (Å²) in [6.45, 7) is 0. The third-order valence-corrected chi connectivity index (χ3v) is 5.14. The Morgan fingerprint density at radius 2 is 2.00 bits per heavy atom. The molecule has 2 atom stereocenters. The van der Waals surface area contributed by atoms with Crippen LogP contribution in [-0.4, -0.2) is 47.8 Å². The van der Waals surface area contributed by atoms with E-state index in [9.17, 15) is 13.2 Å². The number of rotatable bonds is 8. The molecule has 2 aromatic rings. The van der Waals surface area contributed by atoms with E-state index in [4.69, 9.17) is 4.52 Å². The topological polar surface area (TPSA) is 127 Å². The molecular formula is C17H23N5O4S. The Hall–Kier alpha value is -2.33. The Kier molecular flexibility index (Phi) is 6.17. The molecule has 2 heterocycles. The summed E-state index contributed by atoms with van der Waals surface area (Å²) < 4.78 is 30.3. The van der Waals surface area contributed by atoms with Crippen molar-refractivity contribution in [2.75, 3.05) is 6.26 Å². The smallest absolute Gasteiger partial charge is 0.226 e. The first-order chi connectivity index (χ1) is 12.9. The van der Waals surface area contributed by atoms with Gasteiger partial charge in [0.1, 0.15) is 0 Å². The molecule has 0 radical (unpaired) electrons. The van der Waals surface area contributed by atoms with Crippen molar-refractivity contribution in [1.29, 1.82) is 0 Å². The zero-order valence-electron chi connectivity index (χ0n) is 15.1. The predicted molar refractivity (Wildman–Crippen MR) is 98.0 cm³/mol. The van der Waals surface area contributed by atoms with Crippen LogP contribution in [0.4, 0.5) is 0 Å². The van der Waals surface area contributed by atoms with E-state index in [1.807, 2.05) is 0 Å². The molecule has 0 aromatic carbocycles. The normalized spacial score (nSPS) is 19.9. The second-order valence-electron chi connectivity index (χ2n) is 6.77. The van der Waals surface area contributed by atoms with Crippen LogP contribution in [0.25, 0.3) is 11.4 Å². The fraction of sp³-hybridized carbons (Fsp3) is 0.529. The molecule has 10 heteroatoms. The first-order valence-electron chi connectivity index (χ1n) is 8.89. The van der Waals surface area contributed by atoms with Gasteiger partial charge in [0.2, 0.25) is 27.6 Å². The minimum absolute atomic E-state index is 0.0125. The van der Waals surface area contributed by atoms with Crippen LogP contribution in [0.5, 0.6) is 0 Å². The van der Waals surface area contributed by atoms with E-state index in [0.717, 1.165) is 24.7 Å². The highest BCUT2D eigenvalue weighted by Gasteiger charge is 2.27. The molecule has 1 aliphatic rings. The Bertz CT molecular complexity index is 868. The molecule has 27 heavy (non-hydrogen) atoms. The summed E-state index contributed by atoms with van der Waals surface area (Å²) in [6.07, 6.45) is 8.08. The van der Waals surface area contributed by atoms with Crippen LogP contribution in [0, 0.1) is 0 Å². The maximum absolute atomic E-state index is 12.1. The summed E-state index contributed by atoms with van der Waals surface area (Å²) in [7, 11) is -3.21. The summed E-state index contributed by atoms with van der Waals surface area (Å²) >= 11 is 0. The van der Waals surface area contributed by atoms with Gasteiger partial charge in [-0.2, -0.15) is 4.98 Å². The maximum atomic E-state index is 12.1. The molecule has 0 unspecified atom stereocenters. The number of hydrogen-bond donors (Lipinski definition) is 2. The number of carbonyl (C=O) groups excluding carboxylic acids is 1. The highest BCUT2D eigenvalue weighted by atomic mass is 32.2. The molecule has 1 saturated carbocycles. The van der Waals surface area contributed by atoms with Gasteiger partial charge < -0.3 is 9.84 Å². The number of aromatic nitrogens is 3. The molecule has 1 fully saturated rings. The van der Waals surface area contributed by atoms with E-state index in [1.165, 1.54) is 0 Å². The highest BCUT2D eigenvalue weighted by Crippen LogP contribution is 2.20. The number of sulfonamides is 1. The quantitative estimate of drug-likeness (QED) is 0.686. The molecule has 0 saturated heterocycles. The van der Waals surface area contributed by atoms with Gasteiger partial charge in [-0.05, 0) is 37.8 Å². The van der Waals surface area contributed by atoms with Gasteiger partial charge in [0.05, 0.1) is 6.26 Å². The molecule has 146 valence electrons. The van der Waals surface area contributed by atoms with Gasteiger partial charge in [0.25, 0.3) is 0 Å². The third kappa shape index (κ3) is 6.10. The van der Waals surface area contributed by atoms with Gasteiger partial charge in [-0.3, -0.25) is 9.78 Å². The van der Waals surface area contributed by atoms with Crippen molar-refractivity contribution in [2.45, 2.75) is 50.6 Å². The number of aryl methyl sites for hydroxylation is 1. The van der Waals surface area contributed by atoms with E-state index in [2.05, 4.69) is 25.2 Å². The fourth-order valence-corrected chi connectivity index (χ4v) is 4.02. The first kappa shape index (κ1) is 19.4. The van der Waals surface area contributed by atoms with Gasteiger partial charge in [0, 0.05) is 42.9 Å². The molecular weight excluding hydrogens is 370 g/mol.